The molecule has 2 aliphatic carbocycles. The Morgan fingerprint density at radius 3 is 2.73 bits per heavy atom. The first-order valence-corrected chi connectivity index (χ1v) is 4.46. The van der Waals surface area contributed by atoms with Gasteiger partial charge in [0.15, 0.2) is 0 Å². The molecule has 0 bridgehead atoms. The molecule has 0 aromatic heterocycles. The Kier molecular flexibility index (Phi) is 1.50. The van der Waals surface area contributed by atoms with Crippen LogP contribution >= 0.6 is 11.6 Å². The van der Waals surface area contributed by atoms with Gasteiger partial charge in [0.05, 0.1) is 0 Å². The molecule has 3 heteroatoms. The number of hydrogen-bond acceptors (Lipinski definition) is 1. The lowest BCUT2D eigenvalue weighted by molar-refractivity contribution is 0.0244. The lowest BCUT2D eigenvalue weighted by Crippen LogP contribution is -2.22. The van der Waals surface area contributed by atoms with Crippen molar-refractivity contribution in [2.24, 2.45) is 5.92 Å². The van der Waals surface area contributed by atoms with Crippen molar-refractivity contribution in [3.8, 4) is 0 Å². The molecule has 64 valence electrons. The first-order valence-electron chi connectivity index (χ1n) is 4.08. The van der Waals surface area contributed by atoms with E-state index in [0.29, 0.717) is 0 Å². The molecule has 0 aliphatic heterocycles. The molecule has 1 nitrogen and oxygen atoms in total. The molecule has 0 N–H and O–H groups in total. The average molecular weight is 179 g/mol. The number of rotatable bonds is 1. The van der Waals surface area contributed by atoms with E-state index in [1.807, 2.05) is 0 Å². The topological polar surface area (TPSA) is 9.23 Å². The lowest BCUT2D eigenvalue weighted by Gasteiger charge is -2.18. The maximum Gasteiger partial charge on any atom is 0.218 e. The minimum atomic E-state index is -1.56. The summed E-state index contributed by atoms with van der Waals surface area (Å²) in [6, 6.07) is 0. The number of ether oxygens (including phenoxy) is 1. The largest absolute Gasteiger partial charge is 0.373 e. The van der Waals surface area contributed by atoms with Gasteiger partial charge in [-0.1, -0.05) is 24.4 Å². The highest BCUT2D eigenvalue weighted by molar-refractivity contribution is 6.26. The van der Waals surface area contributed by atoms with Gasteiger partial charge in [-0.2, -0.15) is 0 Å². The molecule has 11 heavy (non-hydrogen) atoms. The number of methoxy groups -OCH3 is 1. The summed E-state index contributed by atoms with van der Waals surface area (Å²) in [6.45, 7) is 0. The second-order valence-corrected chi connectivity index (χ2v) is 4.07. The maximum atomic E-state index is 13.5. The third-order valence-electron chi connectivity index (χ3n) is 3.14. The van der Waals surface area contributed by atoms with Crippen molar-refractivity contribution in [2.45, 2.75) is 36.4 Å². The van der Waals surface area contributed by atoms with E-state index in [1.165, 1.54) is 0 Å². The standard InChI is InChI=1S/C8H12ClFO/c1-11-7-5-3-2-4-6(7)8(7,9)10/h6H,2-5H2,1H3/t6-,7+,8+/m0/s1. The molecule has 0 radical (unpaired) electrons. The zero-order chi connectivity index (χ0) is 8.11. The van der Waals surface area contributed by atoms with E-state index in [1.54, 1.807) is 7.11 Å². The van der Waals surface area contributed by atoms with Crippen LogP contribution < -0.4 is 0 Å². The summed E-state index contributed by atoms with van der Waals surface area (Å²) in [4.78, 5) is 0. The van der Waals surface area contributed by atoms with E-state index in [9.17, 15) is 4.39 Å². The second-order valence-electron chi connectivity index (χ2n) is 3.51. The molecule has 2 fully saturated rings. The van der Waals surface area contributed by atoms with Gasteiger partial charge in [0, 0.05) is 13.0 Å². The van der Waals surface area contributed by atoms with Gasteiger partial charge in [0.2, 0.25) is 5.13 Å². The monoisotopic (exact) mass is 178 g/mol. The van der Waals surface area contributed by atoms with Gasteiger partial charge in [-0.05, 0) is 12.8 Å². The van der Waals surface area contributed by atoms with Crippen molar-refractivity contribution in [1.29, 1.82) is 0 Å². The Hall–Kier alpha value is 0.180. The zero-order valence-electron chi connectivity index (χ0n) is 6.57. The van der Waals surface area contributed by atoms with E-state index in [2.05, 4.69) is 0 Å². The summed E-state index contributed by atoms with van der Waals surface area (Å²) >= 11 is 5.68. The Morgan fingerprint density at radius 1 is 1.55 bits per heavy atom. The fourth-order valence-corrected chi connectivity index (χ4v) is 2.91. The minimum absolute atomic E-state index is 0.0459. The minimum Gasteiger partial charge on any atom is -0.373 e. The van der Waals surface area contributed by atoms with Gasteiger partial charge < -0.3 is 4.74 Å². The second kappa shape index (κ2) is 2.11. The highest BCUT2D eigenvalue weighted by Gasteiger charge is 2.79. The van der Waals surface area contributed by atoms with Gasteiger partial charge in [-0.15, -0.1) is 0 Å². The van der Waals surface area contributed by atoms with Crippen molar-refractivity contribution >= 4 is 11.6 Å². The van der Waals surface area contributed by atoms with Crippen LogP contribution in [-0.2, 0) is 4.74 Å². The third-order valence-corrected chi connectivity index (χ3v) is 3.72. The Balaban J connectivity index is 2.20. The normalized spacial score (nSPS) is 55.4. The Morgan fingerprint density at radius 2 is 2.27 bits per heavy atom. The fourth-order valence-electron chi connectivity index (χ4n) is 2.38. The molecule has 0 amide bonds. The highest BCUT2D eigenvalue weighted by atomic mass is 35.5. The van der Waals surface area contributed by atoms with E-state index < -0.39 is 10.7 Å². The molecule has 0 heterocycles. The Bertz CT molecular complexity index is 183. The van der Waals surface area contributed by atoms with E-state index in [-0.39, 0.29) is 5.92 Å². The van der Waals surface area contributed by atoms with Crippen LogP contribution in [0.5, 0.6) is 0 Å². The summed E-state index contributed by atoms with van der Waals surface area (Å²) in [6.07, 6.45) is 3.80. The van der Waals surface area contributed by atoms with E-state index >= 15 is 0 Å². The van der Waals surface area contributed by atoms with Crippen molar-refractivity contribution in [1.82, 2.24) is 0 Å². The summed E-state index contributed by atoms with van der Waals surface area (Å²) in [7, 11) is 1.56. The predicted octanol–water partition coefficient (Wildman–Crippen LogP) is 2.48. The zero-order valence-corrected chi connectivity index (χ0v) is 7.33. The molecule has 0 spiro atoms. The lowest BCUT2D eigenvalue weighted by atomic mass is 9.98. The van der Waals surface area contributed by atoms with Crippen LogP contribution in [0.3, 0.4) is 0 Å². The molecule has 2 aliphatic rings. The van der Waals surface area contributed by atoms with Crippen molar-refractivity contribution in [3.05, 3.63) is 0 Å². The van der Waals surface area contributed by atoms with Crippen LogP contribution in [0.1, 0.15) is 25.7 Å². The number of hydrogen-bond donors (Lipinski definition) is 0. The molecule has 2 saturated carbocycles. The van der Waals surface area contributed by atoms with Crippen LogP contribution in [-0.4, -0.2) is 17.8 Å². The van der Waals surface area contributed by atoms with Crippen LogP contribution in [0.15, 0.2) is 0 Å². The van der Waals surface area contributed by atoms with Gasteiger partial charge in [-0.25, -0.2) is 4.39 Å². The summed E-state index contributed by atoms with van der Waals surface area (Å²) in [5, 5.41) is -1.56. The number of alkyl halides is 2. The number of fused-ring (bicyclic) bond motifs is 1. The summed E-state index contributed by atoms with van der Waals surface area (Å²) in [5.74, 6) is -0.0459. The quantitative estimate of drug-likeness (QED) is 0.561. The van der Waals surface area contributed by atoms with Gasteiger partial charge >= 0.3 is 0 Å². The van der Waals surface area contributed by atoms with Gasteiger partial charge in [0.1, 0.15) is 5.60 Å². The van der Waals surface area contributed by atoms with Crippen molar-refractivity contribution < 1.29 is 9.13 Å². The van der Waals surface area contributed by atoms with Crippen LogP contribution in [0.25, 0.3) is 0 Å². The SMILES string of the molecule is CO[C@]12CCCC[C@@H]1[C@]2(F)Cl. The van der Waals surface area contributed by atoms with Crippen LogP contribution in [0, 0.1) is 5.92 Å². The van der Waals surface area contributed by atoms with Crippen molar-refractivity contribution in [3.63, 3.8) is 0 Å². The summed E-state index contributed by atoms with van der Waals surface area (Å²) in [5.41, 5.74) is -0.618. The Labute approximate surface area is 70.9 Å². The highest BCUT2D eigenvalue weighted by Crippen LogP contribution is 2.68. The predicted molar refractivity (Wildman–Crippen MR) is 41.4 cm³/mol. The maximum absolute atomic E-state index is 13.5. The molecule has 0 aromatic rings. The van der Waals surface area contributed by atoms with Gasteiger partial charge in [0.25, 0.3) is 0 Å². The summed E-state index contributed by atoms with van der Waals surface area (Å²) < 4.78 is 18.6. The molecule has 3 atom stereocenters. The van der Waals surface area contributed by atoms with E-state index in [0.717, 1.165) is 25.7 Å². The molecular formula is C8H12ClFO. The van der Waals surface area contributed by atoms with Crippen LogP contribution in [0.2, 0.25) is 0 Å². The molecular weight excluding hydrogens is 167 g/mol. The van der Waals surface area contributed by atoms with Gasteiger partial charge in [-0.3, -0.25) is 0 Å². The smallest absolute Gasteiger partial charge is 0.218 e. The molecule has 2 rings (SSSR count). The molecule has 0 aromatic carbocycles. The molecule has 0 unspecified atom stereocenters. The number of halogens is 2. The average Bonchev–Trinajstić information content (AvgIpc) is 2.52. The van der Waals surface area contributed by atoms with E-state index in [4.69, 9.17) is 16.3 Å². The van der Waals surface area contributed by atoms with Crippen molar-refractivity contribution in [2.75, 3.05) is 7.11 Å². The third kappa shape index (κ3) is 0.748. The first kappa shape index (κ1) is 7.81. The molecule has 0 saturated heterocycles. The fraction of sp³-hybridized carbons (Fsp3) is 1.00. The first-order chi connectivity index (χ1) is 5.15. The van der Waals surface area contributed by atoms with Crippen LogP contribution in [0.4, 0.5) is 4.39 Å².